The van der Waals surface area contributed by atoms with Crippen molar-refractivity contribution in [1.82, 2.24) is 10.2 Å². The number of rotatable bonds is 6. The number of carbonyl (C=O) groups is 1. The third-order valence-electron chi connectivity index (χ3n) is 5.12. The van der Waals surface area contributed by atoms with Crippen molar-refractivity contribution in [3.05, 3.63) is 0 Å². The van der Waals surface area contributed by atoms with Crippen LogP contribution in [0.25, 0.3) is 0 Å². The summed E-state index contributed by atoms with van der Waals surface area (Å²) < 4.78 is 24.8. The van der Waals surface area contributed by atoms with Crippen molar-refractivity contribution in [3.63, 3.8) is 0 Å². The van der Waals surface area contributed by atoms with Crippen LogP contribution < -0.4 is 5.32 Å². The van der Waals surface area contributed by atoms with Gasteiger partial charge in [0.1, 0.15) is 0 Å². The summed E-state index contributed by atoms with van der Waals surface area (Å²) in [5.74, 6) is 1.05. The molecule has 2 aliphatic heterocycles. The van der Waals surface area contributed by atoms with Crippen LogP contribution in [0.1, 0.15) is 40.5 Å². The van der Waals surface area contributed by atoms with Crippen LogP contribution in [0.5, 0.6) is 0 Å². The number of sulfone groups is 1. The minimum atomic E-state index is -3.05. The van der Waals surface area contributed by atoms with Crippen LogP contribution in [0.2, 0.25) is 0 Å². The second-order valence-electron chi connectivity index (χ2n) is 8.05. The first kappa shape index (κ1) is 18.7. The van der Waals surface area contributed by atoms with Crippen molar-refractivity contribution in [2.24, 2.45) is 23.7 Å². The maximum absolute atomic E-state index is 12.5. The fourth-order valence-corrected chi connectivity index (χ4v) is 5.82. The van der Waals surface area contributed by atoms with Crippen LogP contribution in [0.15, 0.2) is 0 Å². The predicted octanol–water partition coefficient (Wildman–Crippen LogP) is 1.54. The quantitative estimate of drug-likeness (QED) is 0.794. The third kappa shape index (κ3) is 4.69. The first-order chi connectivity index (χ1) is 10.7. The molecule has 0 aromatic rings. The van der Waals surface area contributed by atoms with E-state index < -0.39 is 9.84 Å². The summed E-state index contributed by atoms with van der Waals surface area (Å²) in [6.07, 6.45) is 1.55. The summed E-state index contributed by atoms with van der Waals surface area (Å²) in [6.45, 7) is 11.4. The maximum atomic E-state index is 12.5. The zero-order chi connectivity index (χ0) is 17.2. The molecule has 0 bridgehead atoms. The summed E-state index contributed by atoms with van der Waals surface area (Å²) in [5.41, 5.74) is 0. The Morgan fingerprint density at radius 1 is 1.17 bits per heavy atom. The lowest BCUT2D eigenvalue weighted by Crippen LogP contribution is -2.47. The highest BCUT2D eigenvalue weighted by atomic mass is 32.2. The molecule has 0 spiro atoms. The molecule has 23 heavy (non-hydrogen) atoms. The summed E-state index contributed by atoms with van der Waals surface area (Å²) in [4.78, 5) is 14.8. The van der Waals surface area contributed by atoms with Gasteiger partial charge in [0, 0.05) is 31.5 Å². The Labute approximate surface area is 141 Å². The van der Waals surface area contributed by atoms with E-state index in [9.17, 15) is 13.2 Å². The molecule has 0 aromatic heterocycles. The Morgan fingerprint density at radius 2 is 1.87 bits per heavy atom. The number of amides is 1. The number of likely N-dealkylation sites (tertiary alicyclic amines) is 1. The number of fused-ring (bicyclic) bond motifs is 1. The van der Waals surface area contributed by atoms with Gasteiger partial charge in [-0.25, -0.2) is 8.42 Å². The molecule has 6 heteroatoms. The zero-order valence-corrected chi connectivity index (χ0v) is 15.7. The lowest BCUT2D eigenvalue weighted by atomic mass is 9.87. The van der Waals surface area contributed by atoms with Crippen molar-refractivity contribution in [2.75, 3.05) is 31.9 Å². The van der Waals surface area contributed by atoms with E-state index in [1.165, 1.54) is 0 Å². The molecule has 0 aromatic carbocycles. The average molecular weight is 345 g/mol. The molecule has 0 unspecified atom stereocenters. The van der Waals surface area contributed by atoms with E-state index in [1.807, 2.05) is 0 Å². The number of hydrogen-bond acceptors (Lipinski definition) is 4. The Morgan fingerprint density at radius 3 is 2.48 bits per heavy atom. The monoisotopic (exact) mass is 344 g/mol. The maximum Gasteiger partial charge on any atom is 0.223 e. The van der Waals surface area contributed by atoms with Crippen molar-refractivity contribution in [1.29, 1.82) is 0 Å². The zero-order valence-electron chi connectivity index (χ0n) is 14.9. The molecule has 3 atom stereocenters. The molecule has 0 aliphatic carbocycles. The SMILES string of the molecule is CC(C)CCN1C[C@@H]2[C@@H](C(=O)NCC(C)C)CCS(=O)(=O)[C@@H]2C1. The van der Waals surface area contributed by atoms with Crippen LogP contribution >= 0.6 is 0 Å². The Kier molecular flexibility index (Phi) is 6.11. The smallest absolute Gasteiger partial charge is 0.223 e. The Balaban J connectivity index is 2.05. The van der Waals surface area contributed by atoms with Gasteiger partial charge in [-0.05, 0) is 31.2 Å². The lowest BCUT2D eigenvalue weighted by molar-refractivity contribution is -0.126. The summed E-state index contributed by atoms with van der Waals surface area (Å²) in [6, 6.07) is 0. The van der Waals surface area contributed by atoms with Gasteiger partial charge < -0.3 is 10.2 Å². The van der Waals surface area contributed by atoms with Crippen LogP contribution in [0.3, 0.4) is 0 Å². The van der Waals surface area contributed by atoms with Gasteiger partial charge in [-0.2, -0.15) is 0 Å². The van der Waals surface area contributed by atoms with Crippen LogP contribution in [-0.4, -0.2) is 56.4 Å². The largest absolute Gasteiger partial charge is 0.356 e. The van der Waals surface area contributed by atoms with E-state index in [4.69, 9.17) is 0 Å². The van der Waals surface area contributed by atoms with Crippen molar-refractivity contribution in [3.8, 4) is 0 Å². The van der Waals surface area contributed by atoms with Crippen LogP contribution in [0, 0.1) is 23.7 Å². The van der Waals surface area contributed by atoms with E-state index in [0.29, 0.717) is 31.3 Å². The van der Waals surface area contributed by atoms with Gasteiger partial charge in [0.2, 0.25) is 5.91 Å². The highest BCUT2D eigenvalue weighted by molar-refractivity contribution is 7.92. The summed E-state index contributed by atoms with van der Waals surface area (Å²) >= 11 is 0. The standard InChI is InChI=1S/C17H32N2O3S/c1-12(2)5-7-19-10-15-14(17(20)18-9-13(3)4)6-8-23(21,22)16(15)11-19/h12-16H,5-11H2,1-4H3,(H,18,20)/t14-,15+,16+/m0/s1. The fraction of sp³-hybridized carbons (Fsp3) is 0.941. The highest BCUT2D eigenvalue weighted by Crippen LogP contribution is 2.37. The average Bonchev–Trinajstić information content (AvgIpc) is 2.88. The lowest BCUT2D eigenvalue weighted by Gasteiger charge is -2.32. The van der Waals surface area contributed by atoms with Gasteiger partial charge in [0.15, 0.2) is 9.84 Å². The Bertz CT molecular complexity index is 516. The van der Waals surface area contributed by atoms with E-state index in [2.05, 4.69) is 37.9 Å². The van der Waals surface area contributed by atoms with Gasteiger partial charge in [-0.15, -0.1) is 0 Å². The predicted molar refractivity (Wildman–Crippen MR) is 92.9 cm³/mol. The fourth-order valence-electron chi connectivity index (χ4n) is 3.69. The molecule has 2 aliphatic rings. The minimum absolute atomic E-state index is 0.0342. The number of nitrogens with one attached hydrogen (secondary N) is 1. The summed E-state index contributed by atoms with van der Waals surface area (Å²) in [7, 11) is -3.05. The van der Waals surface area contributed by atoms with E-state index in [1.54, 1.807) is 0 Å². The molecule has 0 saturated carbocycles. The third-order valence-corrected chi connectivity index (χ3v) is 7.35. The normalized spacial score (nSPS) is 30.6. The molecule has 5 nitrogen and oxygen atoms in total. The van der Waals surface area contributed by atoms with E-state index in [0.717, 1.165) is 19.5 Å². The minimum Gasteiger partial charge on any atom is -0.356 e. The number of nitrogens with zero attached hydrogens (tertiary/aromatic N) is 1. The molecule has 0 radical (unpaired) electrons. The first-order valence-electron chi connectivity index (χ1n) is 8.92. The van der Waals surface area contributed by atoms with E-state index in [-0.39, 0.29) is 28.7 Å². The first-order valence-corrected chi connectivity index (χ1v) is 10.6. The molecule has 2 rings (SSSR count). The van der Waals surface area contributed by atoms with Crippen LogP contribution in [-0.2, 0) is 14.6 Å². The molecule has 1 N–H and O–H groups in total. The van der Waals surface area contributed by atoms with Gasteiger partial charge >= 0.3 is 0 Å². The molecule has 2 saturated heterocycles. The number of carbonyl (C=O) groups excluding carboxylic acids is 1. The van der Waals surface area contributed by atoms with Gasteiger partial charge in [0.05, 0.1) is 11.0 Å². The molecule has 2 fully saturated rings. The highest BCUT2D eigenvalue weighted by Gasteiger charge is 2.50. The van der Waals surface area contributed by atoms with Crippen molar-refractivity contribution >= 4 is 15.7 Å². The Hall–Kier alpha value is -0.620. The second kappa shape index (κ2) is 7.51. The van der Waals surface area contributed by atoms with E-state index >= 15 is 0 Å². The summed E-state index contributed by atoms with van der Waals surface area (Å²) in [5, 5.41) is 2.66. The molecular weight excluding hydrogens is 312 g/mol. The van der Waals surface area contributed by atoms with Crippen molar-refractivity contribution in [2.45, 2.75) is 45.8 Å². The topological polar surface area (TPSA) is 66.5 Å². The van der Waals surface area contributed by atoms with Crippen molar-refractivity contribution < 1.29 is 13.2 Å². The van der Waals surface area contributed by atoms with Gasteiger partial charge in [-0.3, -0.25) is 4.79 Å². The molecule has 1 amide bonds. The number of hydrogen-bond donors (Lipinski definition) is 1. The molecule has 2 heterocycles. The van der Waals surface area contributed by atoms with Gasteiger partial charge in [0.25, 0.3) is 0 Å². The molecule has 134 valence electrons. The van der Waals surface area contributed by atoms with Gasteiger partial charge in [-0.1, -0.05) is 27.7 Å². The molecular formula is C17H32N2O3S. The second-order valence-corrected chi connectivity index (χ2v) is 10.4. The van der Waals surface area contributed by atoms with Crippen LogP contribution in [0.4, 0.5) is 0 Å².